The first-order chi connectivity index (χ1) is 8.24. The smallest absolute Gasteiger partial charge is 0.215 e. The van der Waals surface area contributed by atoms with Crippen LogP contribution in [-0.4, -0.2) is 107 Å². The van der Waals surface area contributed by atoms with E-state index in [1.54, 1.807) is 0 Å². The van der Waals surface area contributed by atoms with Gasteiger partial charge in [-0.2, -0.15) is 0 Å². The molecular formula is C15H40N4+4. The van der Waals surface area contributed by atoms with Gasteiger partial charge in [-0.3, -0.25) is 8.97 Å². The van der Waals surface area contributed by atoms with Gasteiger partial charge in [-0.25, -0.2) is 8.97 Å². The highest BCUT2D eigenvalue weighted by Gasteiger charge is 2.36. The molecule has 0 unspecified atom stereocenters. The lowest BCUT2D eigenvalue weighted by atomic mass is 10.4. The molecule has 0 aliphatic rings. The molecule has 0 aliphatic heterocycles. The summed E-state index contributed by atoms with van der Waals surface area (Å²) < 4.78 is 4.30. The molecule has 4 heteroatoms. The summed E-state index contributed by atoms with van der Waals surface area (Å²) in [6, 6.07) is 0. The summed E-state index contributed by atoms with van der Waals surface area (Å²) in [7, 11) is 18.8. The minimum absolute atomic E-state index is 1.07. The summed E-state index contributed by atoms with van der Waals surface area (Å²) in [6.45, 7) is 10.4. The first-order valence-corrected chi connectivity index (χ1v) is 7.52. The Hall–Kier alpha value is -0.160. The van der Waals surface area contributed by atoms with Crippen LogP contribution in [0.3, 0.4) is 0 Å². The number of quaternary nitrogens is 4. The van der Waals surface area contributed by atoms with Gasteiger partial charge in [0.25, 0.3) is 0 Å². The van der Waals surface area contributed by atoms with Crippen molar-refractivity contribution in [1.29, 1.82) is 0 Å². The lowest BCUT2D eigenvalue weighted by Gasteiger charge is -2.44. The Bertz CT molecular complexity index is 252. The maximum Gasteiger partial charge on any atom is 0.215 e. The van der Waals surface area contributed by atoms with Crippen LogP contribution in [0.25, 0.3) is 0 Å². The molecule has 0 saturated heterocycles. The number of nitrogens with zero attached hydrogens (tertiary/aromatic N) is 4. The van der Waals surface area contributed by atoms with Crippen molar-refractivity contribution in [2.24, 2.45) is 0 Å². The first kappa shape index (κ1) is 18.8. The van der Waals surface area contributed by atoms with E-state index in [1.165, 1.54) is 33.1 Å². The molecular weight excluding hydrogens is 236 g/mol. The van der Waals surface area contributed by atoms with Gasteiger partial charge in [0.15, 0.2) is 0 Å². The standard InChI is InChI=1S/C15H40N4/c1-11-16(3,4)13-18(7,8)15-19(9,10)14-17(5,6)12-2/h11-15H2,1-10H3/q+4. The summed E-state index contributed by atoms with van der Waals surface area (Å²) in [6.07, 6.45) is 0. The Kier molecular flexibility index (Phi) is 6.03. The van der Waals surface area contributed by atoms with E-state index < -0.39 is 0 Å². The normalized spacial score (nSPS) is 14.8. The van der Waals surface area contributed by atoms with Gasteiger partial charge in [0.2, 0.25) is 20.0 Å². The largest absolute Gasteiger partial charge is 0.282 e. The van der Waals surface area contributed by atoms with Gasteiger partial charge in [-0.05, 0) is 13.8 Å². The zero-order valence-corrected chi connectivity index (χ0v) is 15.3. The molecule has 116 valence electrons. The van der Waals surface area contributed by atoms with Crippen molar-refractivity contribution >= 4 is 0 Å². The van der Waals surface area contributed by atoms with E-state index in [1.807, 2.05) is 0 Å². The molecule has 0 amide bonds. The molecule has 0 heterocycles. The van der Waals surface area contributed by atoms with Crippen LogP contribution in [0, 0.1) is 0 Å². The zero-order chi connectivity index (χ0) is 15.5. The predicted octanol–water partition coefficient (Wildman–Crippen LogP) is 1.20. The second-order valence-corrected chi connectivity index (χ2v) is 8.80. The van der Waals surface area contributed by atoms with Crippen LogP contribution < -0.4 is 0 Å². The second-order valence-electron chi connectivity index (χ2n) is 8.80. The highest BCUT2D eigenvalue weighted by Crippen LogP contribution is 2.13. The van der Waals surface area contributed by atoms with E-state index in [0.717, 1.165) is 17.9 Å². The van der Waals surface area contributed by atoms with Gasteiger partial charge >= 0.3 is 0 Å². The van der Waals surface area contributed by atoms with Crippen LogP contribution >= 0.6 is 0 Å². The van der Waals surface area contributed by atoms with E-state index in [-0.39, 0.29) is 0 Å². The van der Waals surface area contributed by atoms with Gasteiger partial charge in [0.1, 0.15) is 0 Å². The van der Waals surface area contributed by atoms with Crippen molar-refractivity contribution in [3.05, 3.63) is 0 Å². The summed E-state index contributed by atoms with van der Waals surface area (Å²) >= 11 is 0. The fourth-order valence-electron chi connectivity index (χ4n) is 3.40. The maximum atomic E-state index is 2.36. The van der Waals surface area contributed by atoms with E-state index in [9.17, 15) is 0 Å². The van der Waals surface area contributed by atoms with E-state index >= 15 is 0 Å². The van der Waals surface area contributed by atoms with Gasteiger partial charge in [0, 0.05) is 0 Å². The fourth-order valence-corrected chi connectivity index (χ4v) is 3.40. The van der Waals surface area contributed by atoms with Crippen LogP contribution in [0.4, 0.5) is 0 Å². The highest BCUT2D eigenvalue weighted by molar-refractivity contribution is 4.24. The van der Waals surface area contributed by atoms with Gasteiger partial charge in [-0.1, -0.05) is 0 Å². The molecule has 0 spiro atoms. The lowest BCUT2D eigenvalue weighted by molar-refractivity contribution is -1.17. The fraction of sp³-hybridized carbons (Fsp3) is 1.00. The molecule has 0 atom stereocenters. The molecule has 0 bridgehead atoms. The van der Waals surface area contributed by atoms with Crippen molar-refractivity contribution in [3.8, 4) is 0 Å². The van der Waals surface area contributed by atoms with Crippen molar-refractivity contribution < 1.29 is 17.9 Å². The van der Waals surface area contributed by atoms with Crippen molar-refractivity contribution in [2.75, 3.05) is 89.5 Å². The minimum atomic E-state index is 1.07. The average molecular weight is 277 g/mol. The Morgan fingerprint density at radius 1 is 0.421 bits per heavy atom. The van der Waals surface area contributed by atoms with Gasteiger partial charge in [0.05, 0.1) is 69.5 Å². The highest BCUT2D eigenvalue weighted by atomic mass is 15.6. The minimum Gasteiger partial charge on any atom is -0.282 e. The Labute approximate surface area is 122 Å². The van der Waals surface area contributed by atoms with Gasteiger partial charge < -0.3 is 0 Å². The Morgan fingerprint density at radius 3 is 0.842 bits per heavy atom. The third kappa shape index (κ3) is 7.88. The lowest BCUT2D eigenvalue weighted by Crippen LogP contribution is -2.65. The topological polar surface area (TPSA) is 0 Å². The van der Waals surface area contributed by atoms with Crippen LogP contribution in [0.15, 0.2) is 0 Å². The number of hydrogen-bond acceptors (Lipinski definition) is 0. The molecule has 19 heavy (non-hydrogen) atoms. The molecule has 0 N–H and O–H groups in total. The third-order valence-corrected chi connectivity index (χ3v) is 4.01. The van der Waals surface area contributed by atoms with Crippen molar-refractivity contribution in [1.82, 2.24) is 0 Å². The summed E-state index contributed by atoms with van der Waals surface area (Å²) in [4.78, 5) is 0. The van der Waals surface area contributed by atoms with Crippen LogP contribution in [0.5, 0.6) is 0 Å². The summed E-state index contributed by atoms with van der Waals surface area (Å²) in [5, 5.41) is 0. The van der Waals surface area contributed by atoms with Gasteiger partial charge in [-0.15, -0.1) is 0 Å². The zero-order valence-electron chi connectivity index (χ0n) is 15.3. The van der Waals surface area contributed by atoms with E-state index in [2.05, 4.69) is 70.2 Å². The van der Waals surface area contributed by atoms with Crippen LogP contribution in [-0.2, 0) is 0 Å². The van der Waals surface area contributed by atoms with Crippen LogP contribution in [0.1, 0.15) is 13.8 Å². The monoisotopic (exact) mass is 276 g/mol. The van der Waals surface area contributed by atoms with E-state index in [0.29, 0.717) is 0 Å². The first-order valence-electron chi connectivity index (χ1n) is 7.52. The molecule has 0 aromatic heterocycles. The second kappa shape index (κ2) is 6.08. The average Bonchev–Trinajstić information content (AvgIpc) is 2.12. The van der Waals surface area contributed by atoms with Crippen LogP contribution in [0.2, 0.25) is 0 Å². The molecule has 0 aromatic carbocycles. The number of rotatable bonds is 8. The molecule has 0 aliphatic carbocycles. The molecule has 4 nitrogen and oxygen atoms in total. The number of hydrogen-bond donors (Lipinski definition) is 0. The van der Waals surface area contributed by atoms with Crippen molar-refractivity contribution in [2.45, 2.75) is 13.8 Å². The Balaban J connectivity index is 4.72. The van der Waals surface area contributed by atoms with E-state index in [4.69, 9.17) is 0 Å². The molecule has 0 fully saturated rings. The SMILES string of the molecule is CC[N+](C)(C)C[N+](C)(C)C[N+](C)(C)C[N+](C)(C)CC. The van der Waals surface area contributed by atoms with Crippen molar-refractivity contribution in [3.63, 3.8) is 0 Å². The molecule has 0 saturated carbocycles. The predicted molar refractivity (Wildman–Crippen MR) is 84.1 cm³/mol. The quantitative estimate of drug-likeness (QED) is 0.462. The summed E-state index contributed by atoms with van der Waals surface area (Å²) in [5.41, 5.74) is 0. The molecule has 0 rings (SSSR count). The third-order valence-electron chi connectivity index (χ3n) is 4.01. The molecule has 0 radical (unpaired) electrons. The summed E-state index contributed by atoms with van der Waals surface area (Å²) in [5.74, 6) is 0. The maximum absolute atomic E-state index is 2.36. The molecule has 0 aromatic rings. The Morgan fingerprint density at radius 2 is 0.632 bits per heavy atom.